The van der Waals surface area contributed by atoms with Gasteiger partial charge in [0.25, 0.3) is 0 Å². The average molecular weight is 504 g/mol. The van der Waals surface area contributed by atoms with Crippen LogP contribution in [0.1, 0.15) is 76.2 Å². The fourth-order valence-electron chi connectivity index (χ4n) is 6.08. The average Bonchev–Trinajstić information content (AvgIpc) is 3.37. The zero-order valence-electron chi connectivity index (χ0n) is 22.7. The third kappa shape index (κ3) is 8.55. The summed E-state index contributed by atoms with van der Waals surface area (Å²) in [7, 11) is 1.46. The number of nitrogens with zero attached hydrogens (tertiary/aromatic N) is 1. The van der Waals surface area contributed by atoms with Crippen molar-refractivity contribution >= 4 is 5.97 Å². The van der Waals surface area contributed by atoms with E-state index in [1.165, 1.54) is 75.4 Å². The van der Waals surface area contributed by atoms with E-state index < -0.39 is 0 Å². The lowest BCUT2D eigenvalue weighted by Crippen LogP contribution is -2.43. The fourth-order valence-corrected chi connectivity index (χ4v) is 6.08. The summed E-state index contributed by atoms with van der Waals surface area (Å²) < 4.78 is 11.3. The molecule has 3 atom stereocenters. The summed E-state index contributed by atoms with van der Waals surface area (Å²) >= 11 is 0. The lowest BCUT2D eigenvalue weighted by molar-refractivity contribution is -0.140. The van der Waals surface area contributed by atoms with Crippen LogP contribution >= 0.6 is 0 Å². The van der Waals surface area contributed by atoms with Crippen LogP contribution < -0.4 is 0 Å². The minimum absolute atomic E-state index is 0.104. The molecule has 0 aromatic heterocycles. The summed E-state index contributed by atoms with van der Waals surface area (Å²) in [4.78, 5) is 14.0. The first-order valence-corrected chi connectivity index (χ1v) is 14.5. The second-order valence-electron chi connectivity index (χ2n) is 10.7. The monoisotopic (exact) mass is 503 g/mol. The van der Waals surface area contributed by atoms with Crippen molar-refractivity contribution in [1.82, 2.24) is 4.90 Å². The number of methoxy groups -OCH3 is 1. The Morgan fingerprint density at radius 3 is 2.38 bits per heavy atom. The van der Waals surface area contributed by atoms with E-state index in [1.54, 1.807) is 0 Å². The maximum atomic E-state index is 11.2. The van der Waals surface area contributed by atoms with Crippen LogP contribution in [0.25, 0.3) is 11.1 Å². The molecule has 1 aliphatic carbocycles. The van der Waals surface area contributed by atoms with Crippen LogP contribution in [-0.2, 0) is 20.9 Å². The largest absolute Gasteiger partial charge is 0.469 e. The summed E-state index contributed by atoms with van der Waals surface area (Å²) in [6.07, 6.45) is 17.3. The molecule has 1 saturated heterocycles. The number of allylic oxidation sites excluding steroid dienone is 2. The summed E-state index contributed by atoms with van der Waals surface area (Å²) in [5, 5.41) is 0. The molecule has 4 nitrogen and oxygen atoms in total. The lowest BCUT2D eigenvalue weighted by Gasteiger charge is -2.37. The number of likely N-dealkylation sites (tertiary alicyclic amines) is 1. The first kappa shape index (κ1) is 27.6. The van der Waals surface area contributed by atoms with E-state index in [-0.39, 0.29) is 5.97 Å². The van der Waals surface area contributed by atoms with Crippen molar-refractivity contribution in [2.45, 2.75) is 89.4 Å². The van der Waals surface area contributed by atoms with Crippen LogP contribution in [0.4, 0.5) is 0 Å². The lowest BCUT2D eigenvalue weighted by atomic mass is 9.93. The van der Waals surface area contributed by atoms with Crippen molar-refractivity contribution in [2.24, 2.45) is 5.92 Å². The molecule has 0 bridgehead atoms. The third-order valence-electron chi connectivity index (χ3n) is 8.17. The number of ether oxygens (including phenoxy) is 2. The quantitative estimate of drug-likeness (QED) is 0.160. The number of rotatable bonds is 13. The molecule has 0 spiro atoms. The van der Waals surface area contributed by atoms with Gasteiger partial charge in [-0.2, -0.15) is 0 Å². The molecule has 2 aromatic rings. The van der Waals surface area contributed by atoms with Crippen molar-refractivity contribution in [3.8, 4) is 11.1 Å². The third-order valence-corrected chi connectivity index (χ3v) is 8.17. The minimum Gasteiger partial charge on any atom is -0.469 e. The van der Waals surface area contributed by atoms with Crippen LogP contribution in [0.2, 0.25) is 0 Å². The highest BCUT2D eigenvalue weighted by molar-refractivity contribution is 5.69. The van der Waals surface area contributed by atoms with Gasteiger partial charge in [0.05, 0.1) is 19.8 Å². The molecule has 2 aliphatic rings. The highest BCUT2D eigenvalue weighted by Gasteiger charge is 2.39. The van der Waals surface area contributed by atoms with Gasteiger partial charge in [0.2, 0.25) is 0 Å². The molecule has 2 fully saturated rings. The molecule has 0 amide bonds. The van der Waals surface area contributed by atoms with E-state index in [4.69, 9.17) is 9.47 Å². The maximum absolute atomic E-state index is 11.2. The highest BCUT2D eigenvalue weighted by atomic mass is 16.5. The molecule has 2 aromatic carbocycles. The topological polar surface area (TPSA) is 38.8 Å². The normalized spacial score (nSPS) is 22.5. The van der Waals surface area contributed by atoms with E-state index in [0.717, 1.165) is 25.7 Å². The zero-order chi connectivity index (χ0) is 25.7. The van der Waals surface area contributed by atoms with Crippen molar-refractivity contribution in [3.63, 3.8) is 0 Å². The van der Waals surface area contributed by atoms with Gasteiger partial charge in [-0.05, 0) is 87.6 Å². The smallest absolute Gasteiger partial charge is 0.305 e. The molecule has 200 valence electrons. The number of piperidine rings is 1. The van der Waals surface area contributed by atoms with Crippen molar-refractivity contribution in [1.29, 1.82) is 0 Å². The molecule has 1 aliphatic heterocycles. The van der Waals surface area contributed by atoms with Gasteiger partial charge in [-0.3, -0.25) is 4.79 Å². The van der Waals surface area contributed by atoms with Gasteiger partial charge in [0, 0.05) is 18.4 Å². The van der Waals surface area contributed by atoms with Crippen molar-refractivity contribution in [3.05, 3.63) is 72.3 Å². The van der Waals surface area contributed by atoms with Crippen molar-refractivity contribution < 1.29 is 14.3 Å². The SMILES string of the molecule is COC(=O)CCCCC=CCC[C@H]1[C@@H](OCc2ccc(-c3ccccc3)cc2)CC[C@@H]1N1CCCCC1. The molecule has 1 heterocycles. The van der Waals surface area contributed by atoms with E-state index in [9.17, 15) is 4.79 Å². The Hall–Kier alpha value is -2.43. The van der Waals surface area contributed by atoms with Gasteiger partial charge in [-0.1, -0.05) is 73.2 Å². The first-order chi connectivity index (χ1) is 18.2. The van der Waals surface area contributed by atoms with E-state index in [2.05, 4.69) is 71.6 Å². The molecular weight excluding hydrogens is 458 g/mol. The van der Waals surface area contributed by atoms with E-state index in [1.807, 2.05) is 0 Å². The summed E-state index contributed by atoms with van der Waals surface area (Å²) in [6.45, 7) is 3.20. The highest BCUT2D eigenvalue weighted by Crippen LogP contribution is 2.37. The molecule has 0 radical (unpaired) electrons. The number of hydrogen-bond donors (Lipinski definition) is 0. The molecule has 1 saturated carbocycles. The second-order valence-corrected chi connectivity index (χ2v) is 10.7. The van der Waals surface area contributed by atoms with Crippen LogP contribution in [0.3, 0.4) is 0 Å². The Morgan fingerprint density at radius 1 is 0.892 bits per heavy atom. The summed E-state index contributed by atoms with van der Waals surface area (Å²) in [5.74, 6) is 0.498. The van der Waals surface area contributed by atoms with Gasteiger partial charge in [-0.15, -0.1) is 0 Å². The summed E-state index contributed by atoms with van der Waals surface area (Å²) in [6, 6.07) is 20.1. The van der Waals surface area contributed by atoms with Crippen LogP contribution in [0, 0.1) is 5.92 Å². The van der Waals surface area contributed by atoms with E-state index in [0.29, 0.717) is 31.1 Å². The predicted molar refractivity (Wildman–Crippen MR) is 151 cm³/mol. The Labute approximate surface area is 224 Å². The molecule has 37 heavy (non-hydrogen) atoms. The minimum atomic E-state index is -0.104. The van der Waals surface area contributed by atoms with Crippen LogP contribution in [-0.4, -0.2) is 43.2 Å². The number of benzene rings is 2. The number of esters is 1. The van der Waals surface area contributed by atoms with Gasteiger partial charge >= 0.3 is 5.97 Å². The number of unbranched alkanes of at least 4 members (excludes halogenated alkanes) is 2. The van der Waals surface area contributed by atoms with Crippen molar-refractivity contribution in [2.75, 3.05) is 20.2 Å². The van der Waals surface area contributed by atoms with Crippen LogP contribution in [0.5, 0.6) is 0 Å². The molecular formula is C33H45NO3. The second kappa shape index (κ2) is 15.1. The standard InChI is InChI=1S/C33H45NO3/c1-36-33(35)17-11-5-3-2-4-10-16-30-31(34-24-12-7-13-25-34)22-23-32(30)37-26-27-18-20-29(21-19-27)28-14-8-6-9-15-28/h2,4,6,8-9,14-15,18-21,30-32H,3,5,7,10-13,16-17,22-26H2,1H3/t30-,31+,32+/m1/s1. The first-order valence-electron chi connectivity index (χ1n) is 14.5. The molecule has 0 unspecified atom stereocenters. The van der Waals surface area contributed by atoms with Gasteiger partial charge in [0.15, 0.2) is 0 Å². The number of hydrogen-bond acceptors (Lipinski definition) is 4. The van der Waals surface area contributed by atoms with Gasteiger partial charge in [0.1, 0.15) is 0 Å². The Bertz CT molecular complexity index is 949. The predicted octanol–water partition coefficient (Wildman–Crippen LogP) is 7.57. The zero-order valence-corrected chi connectivity index (χ0v) is 22.7. The number of carbonyl (C=O) groups excluding carboxylic acids is 1. The Kier molecular flexibility index (Phi) is 11.3. The summed E-state index contributed by atoms with van der Waals surface area (Å²) in [5.41, 5.74) is 3.77. The Balaban J connectivity index is 1.28. The van der Waals surface area contributed by atoms with Gasteiger partial charge < -0.3 is 14.4 Å². The Morgan fingerprint density at radius 2 is 1.62 bits per heavy atom. The number of carbonyl (C=O) groups is 1. The van der Waals surface area contributed by atoms with Gasteiger partial charge in [-0.25, -0.2) is 0 Å². The van der Waals surface area contributed by atoms with E-state index >= 15 is 0 Å². The molecule has 4 rings (SSSR count). The molecule has 0 N–H and O–H groups in total. The fraction of sp³-hybridized carbons (Fsp3) is 0.545. The molecule has 4 heteroatoms. The maximum Gasteiger partial charge on any atom is 0.305 e. The van der Waals surface area contributed by atoms with Crippen LogP contribution in [0.15, 0.2) is 66.7 Å².